The van der Waals surface area contributed by atoms with Crippen LogP contribution in [0.5, 0.6) is 5.75 Å². The summed E-state index contributed by atoms with van der Waals surface area (Å²) in [6, 6.07) is 21.9. The highest BCUT2D eigenvalue weighted by atomic mass is 19.1. The number of anilines is 2. The SMILES string of the molecule is COc1ccc(C)cc1NC(=O)[C@@H](c1ccccc1)N1CCN(c2ccccc2F)CC1. The summed E-state index contributed by atoms with van der Waals surface area (Å²) in [6.45, 7) is 4.56. The third kappa shape index (κ3) is 4.75. The van der Waals surface area contributed by atoms with Crippen molar-refractivity contribution in [1.82, 2.24) is 4.90 Å². The van der Waals surface area contributed by atoms with Crippen LogP contribution in [0.25, 0.3) is 0 Å². The van der Waals surface area contributed by atoms with Gasteiger partial charge in [-0.05, 0) is 42.3 Å². The number of carbonyl (C=O) groups is 1. The van der Waals surface area contributed by atoms with Gasteiger partial charge < -0.3 is 15.0 Å². The van der Waals surface area contributed by atoms with Gasteiger partial charge in [0, 0.05) is 26.2 Å². The lowest BCUT2D eigenvalue weighted by atomic mass is 10.0. The molecule has 1 atom stereocenters. The molecular weight excluding hydrogens is 405 g/mol. The smallest absolute Gasteiger partial charge is 0.246 e. The molecule has 0 aliphatic carbocycles. The van der Waals surface area contributed by atoms with Crippen molar-refractivity contribution >= 4 is 17.3 Å². The average molecular weight is 434 g/mol. The maximum Gasteiger partial charge on any atom is 0.246 e. The van der Waals surface area contributed by atoms with Crippen LogP contribution in [-0.4, -0.2) is 44.1 Å². The lowest BCUT2D eigenvalue weighted by molar-refractivity contribution is -0.121. The van der Waals surface area contributed by atoms with Crippen LogP contribution in [0.15, 0.2) is 72.8 Å². The minimum atomic E-state index is -0.454. The van der Waals surface area contributed by atoms with Crippen molar-refractivity contribution in [2.24, 2.45) is 0 Å². The highest BCUT2D eigenvalue weighted by Gasteiger charge is 2.31. The molecule has 1 saturated heterocycles. The third-order valence-electron chi connectivity index (χ3n) is 5.85. The van der Waals surface area contributed by atoms with Crippen molar-refractivity contribution in [1.29, 1.82) is 0 Å². The molecule has 0 aromatic heterocycles. The van der Waals surface area contributed by atoms with Crippen LogP contribution in [0, 0.1) is 12.7 Å². The van der Waals surface area contributed by atoms with Crippen molar-refractivity contribution in [2.75, 3.05) is 43.5 Å². The van der Waals surface area contributed by atoms with Crippen LogP contribution in [0.3, 0.4) is 0 Å². The number of methoxy groups -OCH3 is 1. The molecule has 1 heterocycles. The molecule has 3 aromatic carbocycles. The van der Waals surface area contributed by atoms with E-state index in [1.165, 1.54) is 6.07 Å². The van der Waals surface area contributed by atoms with E-state index >= 15 is 0 Å². The molecule has 1 aliphatic heterocycles. The van der Waals surface area contributed by atoms with E-state index < -0.39 is 6.04 Å². The molecule has 32 heavy (non-hydrogen) atoms. The Morgan fingerprint density at radius 2 is 1.66 bits per heavy atom. The van der Waals surface area contributed by atoms with Gasteiger partial charge in [0.05, 0.1) is 18.5 Å². The summed E-state index contributed by atoms with van der Waals surface area (Å²) in [5, 5.41) is 3.07. The molecule has 1 aliphatic rings. The topological polar surface area (TPSA) is 44.8 Å². The van der Waals surface area contributed by atoms with Crippen LogP contribution in [-0.2, 0) is 4.79 Å². The van der Waals surface area contributed by atoms with Crippen LogP contribution in [0.4, 0.5) is 15.8 Å². The minimum Gasteiger partial charge on any atom is -0.495 e. The number of rotatable bonds is 6. The Bertz CT molecular complexity index is 1070. The number of hydrogen-bond donors (Lipinski definition) is 1. The Morgan fingerprint density at radius 1 is 0.969 bits per heavy atom. The number of nitrogens with zero attached hydrogens (tertiary/aromatic N) is 2. The number of piperazine rings is 1. The lowest BCUT2D eigenvalue weighted by Crippen LogP contribution is -2.50. The van der Waals surface area contributed by atoms with Crippen molar-refractivity contribution < 1.29 is 13.9 Å². The van der Waals surface area contributed by atoms with Crippen molar-refractivity contribution in [3.63, 3.8) is 0 Å². The highest BCUT2D eigenvalue weighted by molar-refractivity contribution is 5.97. The quantitative estimate of drug-likeness (QED) is 0.615. The number of ether oxygens (including phenoxy) is 1. The Hall–Kier alpha value is -3.38. The molecule has 0 spiro atoms. The predicted molar refractivity (Wildman–Crippen MR) is 126 cm³/mol. The summed E-state index contributed by atoms with van der Waals surface area (Å²) in [5.41, 5.74) is 3.23. The number of carbonyl (C=O) groups excluding carboxylic acids is 1. The highest BCUT2D eigenvalue weighted by Crippen LogP contribution is 2.30. The van der Waals surface area contributed by atoms with Gasteiger partial charge in [-0.1, -0.05) is 48.5 Å². The molecule has 5 nitrogen and oxygen atoms in total. The van der Waals surface area contributed by atoms with Crippen molar-refractivity contribution in [2.45, 2.75) is 13.0 Å². The van der Waals surface area contributed by atoms with E-state index in [1.54, 1.807) is 19.2 Å². The van der Waals surface area contributed by atoms with Gasteiger partial charge >= 0.3 is 0 Å². The Morgan fingerprint density at radius 3 is 2.34 bits per heavy atom. The summed E-state index contributed by atoms with van der Waals surface area (Å²) in [4.78, 5) is 17.7. The van der Waals surface area contributed by atoms with Gasteiger partial charge in [-0.3, -0.25) is 9.69 Å². The van der Waals surface area contributed by atoms with Gasteiger partial charge in [0.1, 0.15) is 17.6 Å². The Kier molecular flexibility index (Phi) is 6.71. The molecule has 166 valence electrons. The lowest BCUT2D eigenvalue weighted by Gasteiger charge is -2.39. The first-order valence-corrected chi connectivity index (χ1v) is 10.8. The number of nitrogens with one attached hydrogen (secondary N) is 1. The normalized spacial score (nSPS) is 15.3. The molecule has 3 aromatic rings. The van der Waals surface area contributed by atoms with Crippen molar-refractivity contribution in [3.8, 4) is 5.75 Å². The summed E-state index contributed by atoms with van der Waals surface area (Å²) in [5.74, 6) is 0.296. The van der Waals surface area contributed by atoms with Gasteiger partial charge in [0.25, 0.3) is 0 Å². The third-order valence-corrected chi connectivity index (χ3v) is 5.85. The first-order valence-electron chi connectivity index (χ1n) is 10.8. The van der Waals surface area contributed by atoms with Crippen molar-refractivity contribution in [3.05, 3.63) is 89.7 Å². The Labute approximate surface area is 188 Å². The average Bonchev–Trinajstić information content (AvgIpc) is 2.81. The van der Waals surface area contributed by atoms with Crippen LogP contribution >= 0.6 is 0 Å². The van der Waals surface area contributed by atoms with E-state index in [2.05, 4.69) is 10.2 Å². The fourth-order valence-corrected chi connectivity index (χ4v) is 4.21. The standard InChI is InChI=1S/C26H28FN3O2/c1-19-12-13-24(32-2)22(18-19)28-26(31)25(20-8-4-3-5-9-20)30-16-14-29(15-17-30)23-11-7-6-10-21(23)27/h3-13,18,25H,14-17H2,1-2H3,(H,28,31)/t25-/m1/s1. The van der Waals surface area contributed by atoms with E-state index in [9.17, 15) is 9.18 Å². The number of aryl methyl sites for hydroxylation is 1. The fraction of sp³-hybridized carbons (Fsp3) is 0.269. The molecule has 0 saturated carbocycles. The second-order valence-electron chi connectivity index (χ2n) is 7.98. The molecule has 0 unspecified atom stereocenters. The molecule has 6 heteroatoms. The molecule has 1 N–H and O–H groups in total. The van der Waals surface area contributed by atoms with Gasteiger partial charge in [-0.25, -0.2) is 4.39 Å². The number of para-hydroxylation sites is 1. The van der Waals surface area contributed by atoms with Crippen LogP contribution in [0.1, 0.15) is 17.2 Å². The minimum absolute atomic E-state index is 0.112. The van der Waals surface area contributed by atoms with Crippen LogP contribution < -0.4 is 15.0 Å². The zero-order valence-electron chi connectivity index (χ0n) is 18.4. The largest absolute Gasteiger partial charge is 0.495 e. The van der Waals surface area contributed by atoms with Gasteiger partial charge in [0.15, 0.2) is 0 Å². The number of halogens is 1. The maximum absolute atomic E-state index is 14.2. The molecule has 0 radical (unpaired) electrons. The number of benzene rings is 3. The van der Waals surface area contributed by atoms with E-state index in [-0.39, 0.29) is 11.7 Å². The van der Waals surface area contributed by atoms with E-state index in [0.717, 1.165) is 11.1 Å². The molecular formula is C26H28FN3O2. The first kappa shape index (κ1) is 21.8. The van der Waals surface area contributed by atoms with E-state index in [1.807, 2.05) is 66.4 Å². The molecule has 1 fully saturated rings. The Balaban J connectivity index is 1.55. The summed E-state index contributed by atoms with van der Waals surface area (Å²) < 4.78 is 19.7. The van der Waals surface area contributed by atoms with E-state index in [4.69, 9.17) is 4.74 Å². The molecule has 0 bridgehead atoms. The second-order valence-corrected chi connectivity index (χ2v) is 7.98. The molecule has 4 rings (SSSR count). The summed E-state index contributed by atoms with van der Waals surface area (Å²) in [7, 11) is 1.59. The number of amides is 1. The summed E-state index contributed by atoms with van der Waals surface area (Å²) >= 11 is 0. The second kappa shape index (κ2) is 9.83. The van der Waals surface area contributed by atoms with Crippen LogP contribution in [0.2, 0.25) is 0 Å². The zero-order valence-corrected chi connectivity index (χ0v) is 18.4. The van der Waals surface area contributed by atoms with Gasteiger partial charge in [0.2, 0.25) is 5.91 Å². The molecule has 1 amide bonds. The van der Waals surface area contributed by atoms with Gasteiger partial charge in [-0.2, -0.15) is 0 Å². The number of hydrogen-bond acceptors (Lipinski definition) is 4. The fourth-order valence-electron chi connectivity index (χ4n) is 4.21. The van der Waals surface area contributed by atoms with Gasteiger partial charge in [-0.15, -0.1) is 0 Å². The summed E-state index contributed by atoms with van der Waals surface area (Å²) in [6.07, 6.45) is 0. The monoisotopic (exact) mass is 433 g/mol. The zero-order chi connectivity index (χ0) is 22.5. The van der Waals surface area contributed by atoms with E-state index in [0.29, 0.717) is 43.3 Å². The maximum atomic E-state index is 14.2. The predicted octanol–water partition coefficient (Wildman–Crippen LogP) is 4.64. The first-order chi connectivity index (χ1) is 15.6.